The zero-order chi connectivity index (χ0) is 12.1. The summed E-state index contributed by atoms with van der Waals surface area (Å²) < 4.78 is 10.7. The summed E-state index contributed by atoms with van der Waals surface area (Å²) in [6.07, 6.45) is 0.298. The van der Waals surface area contributed by atoms with Crippen molar-refractivity contribution in [3.8, 4) is 11.5 Å². The van der Waals surface area contributed by atoms with Crippen LogP contribution in [0.1, 0.15) is 19.4 Å². The van der Waals surface area contributed by atoms with Gasteiger partial charge in [-0.3, -0.25) is 4.79 Å². The first-order chi connectivity index (χ1) is 7.58. The Morgan fingerprint density at radius 1 is 1.44 bits per heavy atom. The quantitative estimate of drug-likeness (QED) is 0.797. The third-order valence-electron chi connectivity index (χ3n) is 2.04. The number of methoxy groups -OCH3 is 1. The minimum absolute atomic E-state index is 0.0604. The molecular formula is C12H15ClO3. The molecule has 0 N–H and O–H groups in total. The molecule has 0 heterocycles. The first-order valence-electron chi connectivity index (χ1n) is 5.07. The average molecular weight is 243 g/mol. The Balaban J connectivity index is 3.20. The van der Waals surface area contributed by atoms with Crippen LogP contribution in [0.3, 0.4) is 0 Å². The number of hydrogen-bond donors (Lipinski definition) is 0. The van der Waals surface area contributed by atoms with Gasteiger partial charge in [0.05, 0.1) is 13.7 Å². The molecule has 0 saturated heterocycles. The highest BCUT2D eigenvalue weighted by atomic mass is 35.5. The van der Waals surface area contributed by atoms with E-state index in [1.165, 1.54) is 6.92 Å². The number of Topliss-reactive ketones (excluding diaryl/α,β-unsaturated/α-hetero) is 1. The van der Waals surface area contributed by atoms with Gasteiger partial charge in [0.2, 0.25) is 0 Å². The number of benzene rings is 1. The number of ether oxygens (including phenoxy) is 2. The maximum absolute atomic E-state index is 11.1. The number of carbonyl (C=O) groups excluding carboxylic acids is 1. The van der Waals surface area contributed by atoms with Gasteiger partial charge in [-0.05, 0) is 19.9 Å². The Labute approximate surface area is 100 Å². The first-order valence-corrected chi connectivity index (χ1v) is 5.45. The highest BCUT2D eigenvalue weighted by molar-refractivity contribution is 6.30. The third kappa shape index (κ3) is 3.14. The summed E-state index contributed by atoms with van der Waals surface area (Å²) in [6.45, 7) is 3.93. The normalized spacial score (nSPS) is 10.0. The van der Waals surface area contributed by atoms with E-state index in [9.17, 15) is 4.79 Å². The van der Waals surface area contributed by atoms with Crippen molar-refractivity contribution < 1.29 is 14.3 Å². The van der Waals surface area contributed by atoms with Crippen molar-refractivity contribution in [1.29, 1.82) is 0 Å². The molecule has 4 heteroatoms. The monoisotopic (exact) mass is 242 g/mol. The fraction of sp³-hybridized carbons (Fsp3) is 0.417. The van der Waals surface area contributed by atoms with Gasteiger partial charge in [0.25, 0.3) is 0 Å². The van der Waals surface area contributed by atoms with E-state index in [-0.39, 0.29) is 5.78 Å². The van der Waals surface area contributed by atoms with Crippen molar-refractivity contribution in [3.63, 3.8) is 0 Å². The molecule has 0 fully saturated rings. The summed E-state index contributed by atoms with van der Waals surface area (Å²) in [5.74, 6) is 1.22. The van der Waals surface area contributed by atoms with Crippen LogP contribution < -0.4 is 9.47 Å². The Bertz CT molecular complexity index is 388. The lowest BCUT2D eigenvalue weighted by Crippen LogP contribution is -2.03. The average Bonchev–Trinajstić information content (AvgIpc) is 2.20. The topological polar surface area (TPSA) is 35.5 Å². The van der Waals surface area contributed by atoms with Gasteiger partial charge < -0.3 is 9.47 Å². The molecule has 0 aliphatic carbocycles. The molecule has 0 atom stereocenters. The molecule has 0 aromatic heterocycles. The third-order valence-corrected chi connectivity index (χ3v) is 2.26. The van der Waals surface area contributed by atoms with Crippen LogP contribution >= 0.6 is 11.6 Å². The van der Waals surface area contributed by atoms with E-state index < -0.39 is 0 Å². The van der Waals surface area contributed by atoms with E-state index >= 15 is 0 Å². The standard InChI is InChI=1S/C12H15ClO3/c1-4-16-12-9(5-8(2)14)6-10(13)7-11(12)15-3/h6-7H,4-5H2,1-3H3. The van der Waals surface area contributed by atoms with Crippen LogP contribution in [0.15, 0.2) is 12.1 Å². The second-order valence-corrected chi connectivity index (χ2v) is 3.84. The molecule has 0 amide bonds. The summed E-state index contributed by atoms with van der Waals surface area (Å²) in [4.78, 5) is 11.1. The predicted molar refractivity (Wildman–Crippen MR) is 63.6 cm³/mol. The van der Waals surface area contributed by atoms with Gasteiger partial charge >= 0.3 is 0 Å². The van der Waals surface area contributed by atoms with E-state index in [1.807, 2.05) is 6.92 Å². The zero-order valence-corrected chi connectivity index (χ0v) is 10.4. The molecule has 0 saturated carbocycles. The van der Waals surface area contributed by atoms with Gasteiger partial charge in [-0.25, -0.2) is 0 Å². The Morgan fingerprint density at radius 2 is 2.12 bits per heavy atom. The van der Waals surface area contributed by atoms with Gasteiger partial charge in [0, 0.05) is 23.1 Å². The fourth-order valence-electron chi connectivity index (χ4n) is 1.48. The molecule has 0 unspecified atom stereocenters. The number of ketones is 1. The number of carbonyl (C=O) groups is 1. The molecule has 16 heavy (non-hydrogen) atoms. The van der Waals surface area contributed by atoms with Gasteiger partial charge in [-0.1, -0.05) is 11.6 Å². The van der Waals surface area contributed by atoms with Gasteiger partial charge in [0.15, 0.2) is 11.5 Å². The van der Waals surface area contributed by atoms with Crippen LogP contribution in [-0.2, 0) is 11.2 Å². The molecule has 1 rings (SSSR count). The summed E-state index contributed by atoms with van der Waals surface area (Å²) >= 11 is 5.94. The van der Waals surface area contributed by atoms with Crippen molar-refractivity contribution in [2.45, 2.75) is 20.3 Å². The zero-order valence-electron chi connectivity index (χ0n) is 9.67. The molecule has 0 aliphatic rings. The summed E-state index contributed by atoms with van der Waals surface area (Å²) in [7, 11) is 1.55. The van der Waals surface area contributed by atoms with Crippen molar-refractivity contribution in [2.75, 3.05) is 13.7 Å². The van der Waals surface area contributed by atoms with Crippen LogP contribution in [0.4, 0.5) is 0 Å². The van der Waals surface area contributed by atoms with Crippen molar-refractivity contribution in [3.05, 3.63) is 22.7 Å². The fourth-order valence-corrected chi connectivity index (χ4v) is 1.71. The smallest absolute Gasteiger partial charge is 0.164 e. The lowest BCUT2D eigenvalue weighted by atomic mass is 10.1. The summed E-state index contributed by atoms with van der Waals surface area (Å²) in [5, 5.41) is 0.538. The van der Waals surface area contributed by atoms with Crippen LogP contribution in [0.2, 0.25) is 5.02 Å². The Morgan fingerprint density at radius 3 is 2.62 bits per heavy atom. The lowest BCUT2D eigenvalue weighted by Gasteiger charge is -2.14. The van der Waals surface area contributed by atoms with E-state index in [0.29, 0.717) is 29.5 Å². The minimum atomic E-state index is 0.0604. The van der Waals surface area contributed by atoms with Crippen LogP contribution in [0, 0.1) is 0 Å². The van der Waals surface area contributed by atoms with Crippen LogP contribution in [0.5, 0.6) is 11.5 Å². The maximum Gasteiger partial charge on any atom is 0.164 e. The van der Waals surface area contributed by atoms with E-state index in [1.54, 1.807) is 19.2 Å². The van der Waals surface area contributed by atoms with E-state index in [0.717, 1.165) is 5.56 Å². The lowest BCUT2D eigenvalue weighted by molar-refractivity contribution is -0.116. The molecule has 0 bridgehead atoms. The molecule has 1 aromatic carbocycles. The minimum Gasteiger partial charge on any atom is -0.493 e. The van der Waals surface area contributed by atoms with Crippen molar-refractivity contribution >= 4 is 17.4 Å². The van der Waals surface area contributed by atoms with Crippen LogP contribution in [-0.4, -0.2) is 19.5 Å². The van der Waals surface area contributed by atoms with Gasteiger partial charge in [0.1, 0.15) is 5.78 Å². The maximum atomic E-state index is 11.1. The molecule has 0 aliphatic heterocycles. The number of rotatable bonds is 5. The highest BCUT2D eigenvalue weighted by Crippen LogP contribution is 2.35. The molecular weight excluding hydrogens is 228 g/mol. The molecule has 88 valence electrons. The van der Waals surface area contributed by atoms with Crippen molar-refractivity contribution in [1.82, 2.24) is 0 Å². The molecule has 0 spiro atoms. The Kier molecular flexibility index (Phi) is 4.62. The first kappa shape index (κ1) is 12.8. The van der Waals surface area contributed by atoms with E-state index in [4.69, 9.17) is 21.1 Å². The second-order valence-electron chi connectivity index (χ2n) is 3.41. The Hall–Kier alpha value is -1.22. The number of halogens is 1. The van der Waals surface area contributed by atoms with Gasteiger partial charge in [-0.15, -0.1) is 0 Å². The SMILES string of the molecule is CCOc1c(CC(C)=O)cc(Cl)cc1OC. The van der Waals surface area contributed by atoms with E-state index in [2.05, 4.69) is 0 Å². The summed E-state index contributed by atoms with van der Waals surface area (Å²) in [6, 6.07) is 3.41. The van der Waals surface area contributed by atoms with Crippen LogP contribution in [0.25, 0.3) is 0 Å². The number of hydrogen-bond acceptors (Lipinski definition) is 3. The molecule has 0 radical (unpaired) electrons. The molecule has 1 aromatic rings. The second kappa shape index (κ2) is 5.75. The highest BCUT2D eigenvalue weighted by Gasteiger charge is 2.13. The summed E-state index contributed by atoms with van der Waals surface area (Å²) in [5.41, 5.74) is 0.763. The van der Waals surface area contributed by atoms with Gasteiger partial charge in [-0.2, -0.15) is 0 Å². The van der Waals surface area contributed by atoms with Crippen molar-refractivity contribution in [2.24, 2.45) is 0 Å². The largest absolute Gasteiger partial charge is 0.493 e. The predicted octanol–water partition coefficient (Wildman–Crippen LogP) is 2.88. The molecule has 3 nitrogen and oxygen atoms in total.